The third kappa shape index (κ3) is 3.36. The fourth-order valence-corrected chi connectivity index (χ4v) is 3.63. The quantitative estimate of drug-likeness (QED) is 0.726. The number of nitrogens with zero attached hydrogens (tertiary/aromatic N) is 2. The van der Waals surface area contributed by atoms with E-state index in [4.69, 9.17) is 0 Å². The van der Waals surface area contributed by atoms with Crippen molar-refractivity contribution >= 4 is 33.6 Å². The molecule has 1 amide bonds. The number of alkyl halides is 1. The summed E-state index contributed by atoms with van der Waals surface area (Å²) < 4.78 is 0. The summed E-state index contributed by atoms with van der Waals surface area (Å²) in [6.45, 7) is 5.22. The molecule has 1 unspecified atom stereocenters. The van der Waals surface area contributed by atoms with Crippen molar-refractivity contribution in [3.8, 4) is 0 Å². The Morgan fingerprint density at radius 3 is 2.67 bits per heavy atom. The van der Waals surface area contributed by atoms with Crippen molar-refractivity contribution in [3.63, 3.8) is 0 Å². The molecule has 0 radical (unpaired) electrons. The first-order valence-corrected chi connectivity index (χ1v) is 7.54. The van der Waals surface area contributed by atoms with E-state index in [9.17, 15) is 4.79 Å². The molecule has 2 heterocycles. The third-order valence-corrected chi connectivity index (χ3v) is 4.51. The Hall–Kier alpha value is 0.260. The number of hydrogen-bond acceptors (Lipinski definition) is 3. The van der Waals surface area contributed by atoms with Gasteiger partial charge in [-0.05, 0) is 0 Å². The van der Waals surface area contributed by atoms with Crippen LogP contribution in [0.15, 0.2) is 0 Å². The Balaban J connectivity index is 1.70. The van der Waals surface area contributed by atoms with E-state index in [1.807, 2.05) is 16.7 Å². The predicted octanol–water partition coefficient (Wildman–Crippen LogP) is 1.03. The van der Waals surface area contributed by atoms with E-state index in [1.165, 1.54) is 24.6 Å². The summed E-state index contributed by atoms with van der Waals surface area (Å²) in [5, 5.41) is 0. The van der Waals surface area contributed by atoms with Crippen LogP contribution in [0.4, 0.5) is 0 Å². The fraction of sp³-hybridized carbons (Fsp3) is 0.900. The maximum Gasteiger partial charge on any atom is 0.223 e. The molecule has 0 aromatic carbocycles. The molecule has 86 valence electrons. The standard InChI is InChI=1S/C10H17BrN2OS/c11-9-7-10(14)13(8-9)2-1-12-3-5-15-6-4-12/h9H,1-8H2. The van der Waals surface area contributed by atoms with Gasteiger partial charge in [-0.3, -0.25) is 9.69 Å². The lowest BCUT2D eigenvalue weighted by atomic mass is 10.4. The summed E-state index contributed by atoms with van der Waals surface area (Å²) >= 11 is 5.53. The van der Waals surface area contributed by atoms with E-state index in [0.717, 1.165) is 19.6 Å². The van der Waals surface area contributed by atoms with Gasteiger partial charge in [-0.2, -0.15) is 11.8 Å². The highest BCUT2D eigenvalue weighted by Crippen LogP contribution is 2.18. The van der Waals surface area contributed by atoms with Crippen LogP contribution in [0.3, 0.4) is 0 Å². The van der Waals surface area contributed by atoms with Crippen molar-refractivity contribution in [2.45, 2.75) is 11.2 Å². The largest absolute Gasteiger partial charge is 0.340 e. The van der Waals surface area contributed by atoms with Crippen LogP contribution in [-0.2, 0) is 4.79 Å². The van der Waals surface area contributed by atoms with Crippen molar-refractivity contribution in [2.75, 3.05) is 44.2 Å². The third-order valence-electron chi connectivity index (χ3n) is 2.96. The van der Waals surface area contributed by atoms with Crippen LogP contribution in [0, 0.1) is 0 Å². The molecular weight excluding hydrogens is 276 g/mol. The van der Waals surface area contributed by atoms with Crippen molar-refractivity contribution in [1.82, 2.24) is 9.80 Å². The molecule has 0 aromatic rings. The van der Waals surface area contributed by atoms with Gasteiger partial charge in [0, 0.05) is 55.5 Å². The van der Waals surface area contributed by atoms with Crippen LogP contribution in [-0.4, -0.2) is 64.8 Å². The number of thioether (sulfide) groups is 1. The molecule has 2 aliphatic heterocycles. The summed E-state index contributed by atoms with van der Waals surface area (Å²) in [6.07, 6.45) is 0.676. The van der Waals surface area contributed by atoms with E-state index in [-0.39, 0.29) is 0 Å². The average molecular weight is 293 g/mol. The molecule has 0 aromatic heterocycles. The van der Waals surface area contributed by atoms with Crippen molar-refractivity contribution < 1.29 is 4.79 Å². The SMILES string of the molecule is O=C1CC(Br)CN1CCN1CCSCC1. The molecule has 5 heteroatoms. The Morgan fingerprint density at radius 2 is 2.07 bits per heavy atom. The number of carbonyl (C=O) groups excluding carboxylic acids is 1. The van der Waals surface area contributed by atoms with Crippen molar-refractivity contribution in [2.24, 2.45) is 0 Å². The van der Waals surface area contributed by atoms with Crippen LogP contribution in [0.2, 0.25) is 0 Å². The predicted molar refractivity (Wildman–Crippen MR) is 67.7 cm³/mol. The van der Waals surface area contributed by atoms with E-state index < -0.39 is 0 Å². The van der Waals surface area contributed by atoms with Crippen LogP contribution in [0.5, 0.6) is 0 Å². The normalized spacial score (nSPS) is 28.7. The highest BCUT2D eigenvalue weighted by molar-refractivity contribution is 9.09. The van der Waals surface area contributed by atoms with Crippen LogP contribution >= 0.6 is 27.7 Å². The molecule has 2 aliphatic rings. The molecule has 15 heavy (non-hydrogen) atoms. The molecule has 2 rings (SSSR count). The minimum absolute atomic E-state index is 0.309. The van der Waals surface area contributed by atoms with E-state index in [1.54, 1.807) is 0 Å². The van der Waals surface area contributed by atoms with Gasteiger partial charge in [0.1, 0.15) is 0 Å². The van der Waals surface area contributed by atoms with Crippen LogP contribution in [0.25, 0.3) is 0 Å². The zero-order chi connectivity index (χ0) is 10.7. The molecule has 0 spiro atoms. The van der Waals surface area contributed by atoms with Crippen molar-refractivity contribution in [1.29, 1.82) is 0 Å². The molecule has 0 saturated carbocycles. The number of carbonyl (C=O) groups is 1. The Labute approximate surface area is 104 Å². The minimum Gasteiger partial charge on any atom is -0.340 e. The van der Waals surface area contributed by atoms with E-state index in [2.05, 4.69) is 20.8 Å². The van der Waals surface area contributed by atoms with E-state index in [0.29, 0.717) is 17.2 Å². The molecule has 0 aliphatic carbocycles. The Kier molecular flexibility index (Phi) is 4.34. The first-order valence-electron chi connectivity index (χ1n) is 5.47. The number of rotatable bonds is 3. The Morgan fingerprint density at radius 1 is 1.33 bits per heavy atom. The van der Waals surface area contributed by atoms with Crippen molar-refractivity contribution in [3.05, 3.63) is 0 Å². The number of hydrogen-bond donors (Lipinski definition) is 0. The van der Waals surface area contributed by atoms with Gasteiger partial charge < -0.3 is 4.90 Å². The smallest absolute Gasteiger partial charge is 0.223 e. The van der Waals surface area contributed by atoms with E-state index >= 15 is 0 Å². The first-order chi connectivity index (χ1) is 7.25. The number of halogens is 1. The summed E-state index contributed by atoms with van der Waals surface area (Å²) in [6, 6.07) is 0. The average Bonchev–Trinajstić information content (AvgIpc) is 2.56. The summed E-state index contributed by atoms with van der Waals surface area (Å²) in [5.41, 5.74) is 0. The first kappa shape index (κ1) is 11.7. The molecular formula is C10H17BrN2OS. The number of amides is 1. The van der Waals surface area contributed by atoms with Gasteiger partial charge in [0.05, 0.1) is 0 Å². The topological polar surface area (TPSA) is 23.6 Å². The van der Waals surface area contributed by atoms with Gasteiger partial charge in [-0.1, -0.05) is 15.9 Å². The van der Waals surface area contributed by atoms with Gasteiger partial charge >= 0.3 is 0 Å². The number of likely N-dealkylation sites (tertiary alicyclic amines) is 1. The summed E-state index contributed by atoms with van der Waals surface area (Å²) in [5.74, 6) is 2.80. The van der Waals surface area contributed by atoms with Crippen LogP contribution < -0.4 is 0 Å². The Bertz CT molecular complexity index is 233. The lowest BCUT2D eigenvalue weighted by Gasteiger charge is -2.28. The molecule has 1 atom stereocenters. The monoisotopic (exact) mass is 292 g/mol. The van der Waals surface area contributed by atoms with Gasteiger partial charge in [0.2, 0.25) is 5.91 Å². The van der Waals surface area contributed by atoms with Gasteiger partial charge in [0.15, 0.2) is 0 Å². The molecule has 2 fully saturated rings. The lowest BCUT2D eigenvalue weighted by molar-refractivity contribution is -0.127. The summed E-state index contributed by atoms with van der Waals surface area (Å²) in [4.78, 5) is 16.4. The fourth-order valence-electron chi connectivity index (χ4n) is 2.03. The maximum atomic E-state index is 11.5. The van der Waals surface area contributed by atoms with Gasteiger partial charge in [0.25, 0.3) is 0 Å². The molecule has 0 N–H and O–H groups in total. The molecule has 2 saturated heterocycles. The van der Waals surface area contributed by atoms with Gasteiger partial charge in [-0.25, -0.2) is 0 Å². The lowest BCUT2D eigenvalue weighted by Crippen LogP contribution is -2.39. The molecule has 3 nitrogen and oxygen atoms in total. The maximum absolute atomic E-state index is 11.5. The van der Waals surface area contributed by atoms with Crippen LogP contribution in [0.1, 0.15) is 6.42 Å². The highest BCUT2D eigenvalue weighted by Gasteiger charge is 2.27. The zero-order valence-corrected chi connectivity index (χ0v) is 11.2. The zero-order valence-electron chi connectivity index (χ0n) is 8.82. The second-order valence-corrected chi connectivity index (χ2v) is 6.61. The minimum atomic E-state index is 0.309. The second kappa shape index (κ2) is 5.55. The highest BCUT2D eigenvalue weighted by atomic mass is 79.9. The second-order valence-electron chi connectivity index (χ2n) is 4.10. The molecule has 0 bridgehead atoms. The summed E-state index contributed by atoms with van der Waals surface area (Å²) in [7, 11) is 0. The van der Waals surface area contributed by atoms with Gasteiger partial charge in [-0.15, -0.1) is 0 Å².